The van der Waals surface area contributed by atoms with Crippen LogP contribution in [-0.4, -0.2) is 37.3 Å². The van der Waals surface area contributed by atoms with E-state index in [1.807, 2.05) is 60.3 Å². The van der Waals surface area contributed by atoms with Gasteiger partial charge in [0.05, 0.1) is 11.7 Å². The summed E-state index contributed by atoms with van der Waals surface area (Å²) in [4.78, 5) is 2.19. The van der Waals surface area contributed by atoms with Crippen LogP contribution < -0.4 is 0 Å². The molecule has 4 rings (SSSR count). The van der Waals surface area contributed by atoms with Crippen molar-refractivity contribution >= 4 is 0 Å². The third kappa shape index (κ3) is 4.02. The second kappa shape index (κ2) is 8.24. The maximum atomic E-state index is 9.83. The first kappa shape index (κ1) is 18.8. The average Bonchev–Trinajstić information content (AvgIpc) is 3.18. The lowest BCUT2D eigenvalue weighted by molar-refractivity contribution is 0.258. The highest BCUT2D eigenvalue weighted by molar-refractivity contribution is 5.41. The predicted octanol–water partition coefficient (Wildman–Crippen LogP) is 3.90. The molecule has 0 aliphatic carbocycles. The molecule has 29 heavy (non-hydrogen) atoms. The van der Waals surface area contributed by atoms with Gasteiger partial charge in [-0.2, -0.15) is 4.68 Å². The number of hydrogen-bond acceptors (Lipinski definition) is 5. The maximum Gasteiger partial charge on any atom is 0.178 e. The zero-order valence-corrected chi connectivity index (χ0v) is 16.5. The van der Waals surface area contributed by atoms with E-state index in [0.717, 1.165) is 28.2 Å². The Hall–Kier alpha value is -3.51. The molecule has 1 heterocycles. The molecule has 6 heteroatoms. The Morgan fingerprint density at radius 3 is 2.48 bits per heavy atom. The van der Waals surface area contributed by atoms with Crippen molar-refractivity contribution in [1.82, 2.24) is 25.1 Å². The van der Waals surface area contributed by atoms with Gasteiger partial charge in [0, 0.05) is 6.54 Å². The molecule has 0 aliphatic heterocycles. The number of rotatable bonds is 6. The highest BCUT2D eigenvalue weighted by atomic mass is 16.3. The molecule has 6 nitrogen and oxygen atoms in total. The molecular formula is C23H23N5O. The Labute approximate surface area is 170 Å². The summed E-state index contributed by atoms with van der Waals surface area (Å²) in [7, 11) is 2.04. The molecule has 1 atom stereocenters. The summed E-state index contributed by atoms with van der Waals surface area (Å²) in [5.74, 6) is 1.00. The standard InChI is InChI=1S/C23H23N5O/c1-17-9-6-7-14-21(17)28-23(24-25-26-28)22(19-11-4-3-5-12-19)27(2)16-18-10-8-13-20(29)15-18/h3-15,22,29H,16H2,1-2H3/t22-/m1/s1. The summed E-state index contributed by atoms with van der Waals surface area (Å²) in [6.45, 7) is 2.68. The van der Waals surface area contributed by atoms with Gasteiger partial charge in [-0.1, -0.05) is 60.7 Å². The third-order valence-corrected chi connectivity index (χ3v) is 4.98. The minimum absolute atomic E-state index is 0.159. The first-order valence-corrected chi connectivity index (χ1v) is 9.51. The molecular weight excluding hydrogens is 362 g/mol. The van der Waals surface area contributed by atoms with E-state index in [-0.39, 0.29) is 11.8 Å². The molecule has 0 fully saturated rings. The molecule has 0 saturated heterocycles. The molecule has 0 spiro atoms. The van der Waals surface area contributed by atoms with Crippen molar-refractivity contribution in [2.24, 2.45) is 0 Å². The highest BCUT2D eigenvalue weighted by Crippen LogP contribution is 2.29. The monoisotopic (exact) mass is 385 g/mol. The number of phenolic OH excluding ortho intramolecular Hbond substituents is 1. The van der Waals surface area contributed by atoms with Crippen LogP contribution in [0.25, 0.3) is 5.69 Å². The first-order chi connectivity index (χ1) is 14.1. The number of aromatic hydroxyl groups is 1. The minimum atomic E-state index is -0.159. The number of benzene rings is 3. The largest absolute Gasteiger partial charge is 0.508 e. The topological polar surface area (TPSA) is 67.1 Å². The highest BCUT2D eigenvalue weighted by Gasteiger charge is 2.26. The summed E-state index contributed by atoms with van der Waals surface area (Å²) in [6, 6.07) is 25.4. The van der Waals surface area contributed by atoms with E-state index >= 15 is 0 Å². The minimum Gasteiger partial charge on any atom is -0.508 e. The average molecular weight is 385 g/mol. The number of aryl methyl sites for hydroxylation is 1. The molecule has 0 unspecified atom stereocenters. The van der Waals surface area contributed by atoms with E-state index in [0.29, 0.717) is 6.54 Å². The zero-order chi connectivity index (χ0) is 20.2. The number of hydrogen-bond donors (Lipinski definition) is 1. The summed E-state index contributed by atoms with van der Waals surface area (Å²) in [5.41, 5.74) is 4.17. The van der Waals surface area contributed by atoms with Gasteiger partial charge in [-0.3, -0.25) is 4.90 Å². The Kier molecular flexibility index (Phi) is 5.35. The van der Waals surface area contributed by atoms with Crippen molar-refractivity contribution in [3.63, 3.8) is 0 Å². The Morgan fingerprint density at radius 2 is 1.72 bits per heavy atom. The van der Waals surface area contributed by atoms with E-state index in [2.05, 4.69) is 45.5 Å². The van der Waals surface area contributed by atoms with Crippen molar-refractivity contribution in [2.45, 2.75) is 19.5 Å². The van der Waals surface area contributed by atoms with Crippen LogP contribution in [-0.2, 0) is 6.54 Å². The van der Waals surface area contributed by atoms with E-state index in [1.165, 1.54) is 0 Å². The van der Waals surface area contributed by atoms with Gasteiger partial charge >= 0.3 is 0 Å². The van der Waals surface area contributed by atoms with Gasteiger partial charge < -0.3 is 5.11 Å². The summed E-state index contributed by atoms with van der Waals surface area (Å²) in [6.07, 6.45) is 0. The molecule has 0 amide bonds. The van der Waals surface area contributed by atoms with Crippen LogP contribution in [0, 0.1) is 6.92 Å². The Bertz CT molecular complexity index is 1090. The van der Waals surface area contributed by atoms with Gasteiger partial charge in [0.2, 0.25) is 0 Å². The van der Waals surface area contributed by atoms with Crippen LogP contribution in [0.15, 0.2) is 78.9 Å². The lowest BCUT2D eigenvalue weighted by Crippen LogP contribution is -2.28. The number of tetrazole rings is 1. The fourth-order valence-electron chi connectivity index (χ4n) is 3.61. The van der Waals surface area contributed by atoms with Gasteiger partial charge in [-0.15, -0.1) is 5.10 Å². The Balaban J connectivity index is 1.77. The lowest BCUT2D eigenvalue weighted by atomic mass is 10.0. The fourth-order valence-corrected chi connectivity index (χ4v) is 3.61. The number of phenols is 1. The van der Waals surface area contributed by atoms with Gasteiger partial charge in [0.15, 0.2) is 5.82 Å². The molecule has 0 saturated carbocycles. The number of para-hydroxylation sites is 1. The molecule has 146 valence electrons. The van der Waals surface area contributed by atoms with Crippen molar-refractivity contribution in [3.05, 3.63) is 101 Å². The van der Waals surface area contributed by atoms with E-state index in [9.17, 15) is 5.11 Å². The molecule has 4 aromatic rings. The van der Waals surface area contributed by atoms with Crippen molar-refractivity contribution in [3.8, 4) is 11.4 Å². The van der Waals surface area contributed by atoms with E-state index in [1.54, 1.807) is 12.1 Å². The van der Waals surface area contributed by atoms with Gasteiger partial charge in [0.1, 0.15) is 5.75 Å². The molecule has 1 aromatic heterocycles. The zero-order valence-electron chi connectivity index (χ0n) is 16.5. The van der Waals surface area contributed by atoms with Gasteiger partial charge in [-0.25, -0.2) is 0 Å². The summed E-state index contributed by atoms with van der Waals surface area (Å²) < 4.78 is 1.81. The maximum absolute atomic E-state index is 9.83. The first-order valence-electron chi connectivity index (χ1n) is 9.51. The van der Waals surface area contributed by atoms with Crippen molar-refractivity contribution in [2.75, 3.05) is 7.05 Å². The SMILES string of the molecule is Cc1ccccc1-n1nnnc1[C@@H](c1ccccc1)N(C)Cc1cccc(O)c1. The van der Waals surface area contributed by atoms with Crippen LogP contribution in [0.2, 0.25) is 0 Å². The van der Waals surface area contributed by atoms with E-state index < -0.39 is 0 Å². The van der Waals surface area contributed by atoms with Crippen LogP contribution in [0.4, 0.5) is 0 Å². The summed E-state index contributed by atoms with van der Waals surface area (Å²) in [5, 5.41) is 22.5. The molecule has 0 radical (unpaired) electrons. The second-order valence-corrected chi connectivity index (χ2v) is 7.13. The van der Waals surface area contributed by atoms with Crippen LogP contribution in [0.1, 0.15) is 28.6 Å². The number of nitrogens with zero attached hydrogens (tertiary/aromatic N) is 5. The predicted molar refractivity (Wildman–Crippen MR) is 112 cm³/mol. The van der Waals surface area contributed by atoms with Crippen LogP contribution >= 0.6 is 0 Å². The quantitative estimate of drug-likeness (QED) is 0.545. The molecule has 0 aliphatic rings. The molecule has 0 bridgehead atoms. The van der Waals surface area contributed by atoms with Gasteiger partial charge in [-0.05, 0) is 59.3 Å². The van der Waals surface area contributed by atoms with E-state index in [4.69, 9.17) is 0 Å². The molecule has 1 N–H and O–H groups in total. The lowest BCUT2D eigenvalue weighted by Gasteiger charge is -2.28. The summed E-state index contributed by atoms with van der Waals surface area (Å²) >= 11 is 0. The third-order valence-electron chi connectivity index (χ3n) is 4.98. The number of aromatic nitrogens is 4. The van der Waals surface area contributed by atoms with Crippen molar-refractivity contribution < 1.29 is 5.11 Å². The van der Waals surface area contributed by atoms with Gasteiger partial charge in [0.25, 0.3) is 0 Å². The smallest absolute Gasteiger partial charge is 0.178 e. The van der Waals surface area contributed by atoms with Crippen LogP contribution in [0.3, 0.4) is 0 Å². The molecule has 3 aromatic carbocycles. The normalized spacial score (nSPS) is 12.2. The Morgan fingerprint density at radius 1 is 0.966 bits per heavy atom. The van der Waals surface area contributed by atoms with Crippen molar-refractivity contribution in [1.29, 1.82) is 0 Å². The fraction of sp³-hybridized carbons (Fsp3) is 0.174. The van der Waals surface area contributed by atoms with Crippen LogP contribution in [0.5, 0.6) is 5.75 Å². The second-order valence-electron chi connectivity index (χ2n) is 7.13.